The fourth-order valence-corrected chi connectivity index (χ4v) is 3.23. The van der Waals surface area contributed by atoms with Crippen LogP contribution in [0, 0.1) is 6.92 Å². The van der Waals surface area contributed by atoms with Gasteiger partial charge in [0.25, 0.3) is 6.01 Å². The average molecular weight is 322 g/mol. The van der Waals surface area contributed by atoms with E-state index in [9.17, 15) is 0 Å². The summed E-state index contributed by atoms with van der Waals surface area (Å²) < 4.78 is 5.92. The molecule has 0 spiro atoms. The van der Waals surface area contributed by atoms with Crippen LogP contribution in [0.15, 0.2) is 46.9 Å². The molecule has 4 rings (SSSR count). The maximum absolute atomic E-state index is 5.92. The van der Waals surface area contributed by atoms with Crippen LogP contribution in [0.1, 0.15) is 17.8 Å². The maximum Gasteiger partial charge on any atom is 0.298 e. The Hall–Kier alpha value is -2.40. The highest BCUT2D eigenvalue weighted by Crippen LogP contribution is 2.22. The molecule has 0 radical (unpaired) electrons. The second-order valence-corrected chi connectivity index (χ2v) is 6.35. The van der Waals surface area contributed by atoms with Crippen LogP contribution in [0.25, 0.3) is 11.1 Å². The van der Waals surface area contributed by atoms with Gasteiger partial charge >= 0.3 is 0 Å². The van der Waals surface area contributed by atoms with Gasteiger partial charge in [-0.1, -0.05) is 18.2 Å². The van der Waals surface area contributed by atoms with E-state index in [2.05, 4.69) is 31.9 Å². The van der Waals surface area contributed by atoms with Crippen molar-refractivity contribution in [2.24, 2.45) is 0 Å². The van der Waals surface area contributed by atoms with Crippen LogP contribution in [0.4, 0.5) is 6.01 Å². The normalized spacial score (nSPS) is 16.5. The standard InChI is InChI=1S/C19H22N4O/c1-15-6-4-7-16(20-15)14-22-10-5-11-23(13-12-22)19-21-17-8-2-3-9-18(17)24-19/h2-4,6-9H,5,10-14H2,1H3. The van der Waals surface area contributed by atoms with Gasteiger partial charge in [0.15, 0.2) is 5.58 Å². The molecule has 1 aromatic carbocycles. The molecule has 24 heavy (non-hydrogen) atoms. The van der Waals surface area contributed by atoms with Gasteiger partial charge in [-0.05, 0) is 37.6 Å². The van der Waals surface area contributed by atoms with Crippen molar-refractivity contribution in [3.05, 3.63) is 53.9 Å². The zero-order valence-corrected chi connectivity index (χ0v) is 14.0. The summed E-state index contributed by atoms with van der Waals surface area (Å²) in [4.78, 5) is 14.0. The Morgan fingerprint density at radius 2 is 1.88 bits per heavy atom. The van der Waals surface area contributed by atoms with Crippen molar-refractivity contribution in [3.8, 4) is 0 Å². The number of aromatic nitrogens is 2. The molecule has 5 heteroatoms. The smallest absolute Gasteiger partial charge is 0.298 e. The van der Waals surface area contributed by atoms with E-state index < -0.39 is 0 Å². The number of benzene rings is 1. The van der Waals surface area contributed by atoms with Crippen LogP contribution in [0.2, 0.25) is 0 Å². The van der Waals surface area contributed by atoms with Gasteiger partial charge < -0.3 is 9.32 Å². The molecule has 0 bridgehead atoms. The molecular weight excluding hydrogens is 300 g/mol. The van der Waals surface area contributed by atoms with Crippen molar-refractivity contribution in [2.45, 2.75) is 19.9 Å². The minimum Gasteiger partial charge on any atom is -0.423 e. The maximum atomic E-state index is 5.92. The largest absolute Gasteiger partial charge is 0.423 e. The Bertz CT molecular complexity index is 796. The number of hydrogen-bond acceptors (Lipinski definition) is 5. The van der Waals surface area contributed by atoms with Crippen molar-refractivity contribution in [1.82, 2.24) is 14.9 Å². The third kappa shape index (κ3) is 3.26. The first-order valence-corrected chi connectivity index (χ1v) is 8.53. The van der Waals surface area contributed by atoms with Crippen LogP contribution in [-0.2, 0) is 6.54 Å². The SMILES string of the molecule is Cc1cccc(CN2CCCN(c3nc4ccccc4o3)CC2)n1. The van der Waals surface area contributed by atoms with Gasteiger partial charge in [-0.3, -0.25) is 9.88 Å². The van der Waals surface area contributed by atoms with Gasteiger partial charge in [0.1, 0.15) is 5.52 Å². The van der Waals surface area contributed by atoms with E-state index in [1.54, 1.807) is 0 Å². The lowest BCUT2D eigenvalue weighted by molar-refractivity contribution is 0.281. The first kappa shape index (κ1) is 15.1. The fraction of sp³-hybridized carbons (Fsp3) is 0.368. The molecule has 0 amide bonds. The van der Waals surface area contributed by atoms with Crippen LogP contribution in [0.5, 0.6) is 0 Å². The molecule has 1 fully saturated rings. The predicted octanol–water partition coefficient (Wildman–Crippen LogP) is 3.24. The van der Waals surface area contributed by atoms with Gasteiger partial charge in [-0.15, -0.1) is 0 Å². The molecule has 1 aliphatic rings. The lowest BCUT2D eigenvalue weighted by atomic mass is 10.3. The zero-order valence-electron chi connectivity index (χ0n) is 14.0. The zero-order chi connectivity index (χ0) is 16.4. The van der Waals surface area contributed by atoms with Gasteiger partial charge in [-0.25, -0.2) is 0 Å². The number of aryl methyl sites for hydroxylation is 1. The second-order valence-electron chi connectivity index (χ2n) is 6.35. The molecule has 124 valence electrons. The summed E-state index contributed by atoms with van der Waals surface area (Å²) in [5.74, 6) is 0. The molecule has 0 atom stereocenters. The Morgan fingerprint density at radius 3 is 2.75 bits per heavy atom. The van der Waals surface area contributed by atoms with E-state index >= 15 is 0 Å². The number of nitrogens with zero attached hydrogens (tertiary/aromatic N) is 4. The number of hydrogen-bond donors (Lipinski definition) is 0. The first-order valence-electron chi connectivity index (χ1n) is 8.53. The molecule has 3 aromatic rings. The molecular formula is C19H22N4O. The number of anilines is 1. The first-order chi connectivity index (χ1) is 11.8. The van der Waals surface area contributed by atoms with E-state index in [-0.39, 0.29) is 0 Å². The van der Waals surface area contributed by atoms with E-state index in [1.165, 1.54) is 0 Å². The second kappa shape index (κ2) is 6.61. The van der Waals surface area contributed by atoms with Crippen molar-refractivity contribution in [2.75, 3.05) is 31.1 Å². The van der Waals surface area contributed by atoms with Crippen LogP contribution < -0.4 is 4.90 Å². The van der Waals surface area contributed by atoms with Crippen molar-refractivity contribution in [1.29, 1.82) is 0 Å². The number of para-hydroxylation sites is 2. The summed E-state index contributed by atoms with van der Waals surface area (Å²) in [6.07, 6.45) is 1.10. The van der Waals surface area contributed by atoms with Gasteiger partial charge in [0.05, 0.1) is 5.69 Å². The highest BCUT2D eigenvalue weighted by Gasteiger charge is 2.19. The number of pyridine rings is 1. The third-order valence-electron chi connectivity index (χ3n) is 4.47. The summed E-state index contributed by atoms with van der Waals surface area (Å²) in [6, 6.07) is 14.9. The van der Waals surface area contributed by atoms with Crippen LogP contribution in [-0.4, -0.2) is 41.0 Å². The molecule has 3 heterocycles. The molecule has 5 nitrogen and oxygen atoms in total. The van der Waals surface area contributed by atoms with Crippen LogP contribution >= 0.6 is 0 Å². The number of rotatable bonds is 3. The Kier molecular flexibility index (Phi) is 4.17. The van der Waals surface area contributed by atoms with E-state index in [0.29, 0.717) is 0 Å². The van der Waals surface area contributed by atoms with Crippen LogP contribution in [0.3, 0.4) is 0 Å². The monoisotopic (exact) mass is 322 g/mol. The van der Waals surface area contributed by atoms with E-state index in [1.807, 2.05) is 37.3 Å². The highest BCUT2D eigenvalue weighted by molar-refractivity contribution is 5.74. The quantitative estimate of drug-likeness (QED) is 0.741. The molecule has 1 saturated heterocycles. The van der Waals surface area contributed by atoms with Crippen molar-refractivity contribution < 1.29 is 4.42 Å². The molecule has 0 N–H and O–H groups in total. The summed E-state index contributed by atoms with van der Waals surface area (Å²) in [5.41, 5.74) is 4.01. The Labute approximate surface area is 141 Å². The molecule has 0 unspecified atom stereocenters. The minimum atomic E-state index is 0.742. The lowest BCUT2D eigenvalue weighted by Gasteiger charge is -2.20. The summed E-state index contributed by atoms with van der Waals surface area (Å²) in [6.45, 7) is 6.92. The molecule has 0 saturated carbocycles. The van der Waals surface area contributed by atoms with Crippen molar-refractivity contribution in [3.63, 3.8) is 0 Å². The number of fused-ring (bicyclic) bond motifs is 1. The Balaban J connectivity index is 1.44. The van der Waals surface area contributed by atoms with E-state index in [0.717, 1.165) is 67.6 Å². The van der Waals surface area contributed by atoms with Gasteiger partial charge in [0, 0.05) is 38.4 Å². The topological polar surface area (TPSA) is 45.4 Å². The number of oxazole rings is 1. The Morgan fingerprint density at radius 1 is 0.958 bits per heavy atom. The third-order valence-corrected chi connectivity index (χ3v) is 4.47. The molecule has 0 aliphatic carbocycles. The van der Waals surface area contributed by atoms with E-state index in [4.69, 9.17) is 4.42 Å². The van der Waals surface area contributed by atoms with Gasteiger partial charge in [-0.2, -0.15) is 4.98 Å². The van der Waals surface area contributed by atoms with Crippen molar-refractivity contribution >= 4 is 17.1 Å². The highest BCUT2D eigenvalue weighted by atomic mass is 16.4. The lowest BCUT2D eigenvalue weighted by Crippen LogP contribution is -2.30. The summed E-state index contributed by atoms with van der Waals surface area (Å²) in [7, 11) is 0. The van der Waals surface area contributed by atoms with Gasteiger partial charge in [0.2, 0.25) is 0 Å². The predicted molar refractivity (Wildman–Crippen MR) is 95.1 cm³/mol. The fourth-order valence-electron chi connectivity index (χ4n) is 3.23. The average Bonchev–Trinajstić information content (AvgIpc) is 2.88. The summed E-state index contributed by atoms with van der Waals surface area (Å²) in [5, 5.41) is 0. The molecule has 1 aliphatic heterocycles. The minimum absolute atomic E-state index is 0.742. The summed E-state index contributed by atoms with van der Waals surface area (Å²) >= 11 is 0. The molecule has 2 aromatic heterocycles.